The van der Waals surface area contributed by atoms with E-state index in [1.807, 2.05) is 18.2 Å². The van der Waals surface area contributed by atoms with Gasteiger partial charge in [0.1, 0.15) is 11.5 Å². The Morgan fingerprint density at radius 2 is 1.92 bits per heavy atom. The summed E-state index contributed by atoms with van der Waals surface area (Å²) in [5, 5.41) is 0.823. The van der Waals surface area contributed by atoms with Crippen molar-refractivity contribution >= 4 is 16.9 Å². The molecule has 0 amide bonds. The molecular formula is C18H13NO5. The zero-order chi connectivity index (χ0) is 16.8. The van der Waals surface area contributed by atoms with Crippen LogP contribution in [0.2, 0.25) is 0 Å². The van der Waals surface area contributed by atoms with Crippen molar-refractivity contribution in [2.45, 2.75) is 19.3 Å². The second-order valence-corrected chi connectivity index (χ2v) is 5.79. The fourth-order valence-corrected chi connectivity index (χ4v) is 3.11. The number of fused-ring (bicyclic) bond motifs is 2. The minimum Gasteiger partial charge on any atom is -0.428 e. The smallest absolute Gasteiger partial charge is 0.343 e. The summed E-state index contributed by atoms with van der Waals surface area (Å²) in [5.74, 6) is -0.659. The summed E-state index contributed by atoms with van der Waals surface area (Å²) in [6.45, 7) is 1.60. The number of carbonyl (C=O) groups excluding carboxylic acids is 1. The summed E-state index contributed by atoms with van der Waals surface area (Å²) in [5.41, 5.74) is 0.332. The van der Waals surface area contributed by atoms with Crippen LogP contribution in [-0.4, -0.2) is 11.0 Å². The first-order valence-electron chi connectivity index (χ1n) is 7.50. The van der Waals surface area contributed by atoms with E-state index in [0.29, 0.717) is 16.8 Å². The standard InChI is InChI=1S/C18H13NO5/c1-9-6-14-16(18(22)23-9)11(8-15(20)24-14)12-7-10-4-2-3-5-13(10)19-17(12)21/h2-7,11H,8H2,1H3,(H,19,21)/t11-/m0/s1. The van der Waals surface area contributed by atoms with Gasteiger partial charge in [-0.05, 0) is 24.4 Å². The van der Waals surface area contributed by atoms with Gasteiger partial charge in [0.05, 0.1) is 12.0 Å². The molecular weight excluding hydrogens is 310 g/mol. The highest BCUT2D eigenvalue weighted by Gasteiger charge is 2.33. The number of hydrogen-bond donors (Lipinski definition) is 1. The third-order valence-electron chi connectivity index (χ3n) is 4.17. The van der Waals surface area contributed by atoms with Gasteiger partial charge in [-0.2, -0.15) is 0 Å². The molecule has 1 N–H and O–H groups in total. The first-order chi connectivity index (χ1) is 11.5. The molecule has 0 bridgehead atoms. The van der Waals surface area contributed by atoms with Crippen molar-refractivity contribution in [3.8, 4) is 5.75 Å². The lowest BCUT2D eigenvalue weighted by atomic mass is 9.87. The van der Waals surface area contributed by atoms with Gasteiger partial charge in [-0.15, -0.1) is 0 Å². The maximum Gasteiger partial charge on any atom is 0.343 e. The van der Waals surface area contributed by atoms with Crippen LogP contribution in [0.4, 0.5) is 0 Å². The quantitative estimate of drug-likeness (QED) is 0.694. The van der Waals surface area contributed by atoms with Crippen LogP contribution in [0, 0.1) is 6.92 Å². The number of benzene rings is 1. The summed E-state index contributed by atoms with van der Waals surface area (Å²) in [7, 11) is 0. The number of aromatic amines is 1. The Kier molecular flexibility index (Phi) is 3.13. The Hall–Kier alpha value is -3.15. The normalized spacial score (nSPS) is 16.7. The van der Waals surface area contributed by atoms with Crippen LogP contribution < -0.4 is 15.9 Å². The topological polar surface area (TPSA) is 89.4 Å². The Labute approximate surface area is 135 Å². The summed E-state index contributed by atoms with van der Waals surface area (Å²) < 4.78 is 10.3. The number of aromatic nitrogens is 1. The molecule has 0 fully saturated rings. The number of para-hydroxylation sites is 1. The maximum absolute atomic E-state index is 12.5. The third kappa shape index (κ3) is 2.23. The van der Waals surface area contributed by atoms with Gasteiger partial charge >= 0.3 is 11.6 Å². The summed E-state index contributed by atoms with van der Waals surface area (Å²) in [6, 6.07) is 10.5. The van der Waals surface area contributed by atoms with E-state index in [1.54, 1.807) is 19.1 Å². The molecule has 1 aromatic carbocycles. The number of aryl methyl sites for hydroxylation is 1. The SMILES string of the molecule is Cc1cc2c(c(=O)o1)[C@H](c1cc3ccccc3[nH]c1=O)CC(=O)O2. The first-order valence-corrected chi connectivity index (χ1v) is 7.50. The average Bonchev–Trinajstić information content (AvgIpc) is 2.52. The molecule has 120 valence electrons. The second kappa shape index (κ2) is 5.19. The first kappa shape index (κ1) is 14.4. The predicted molar refractivity (Wildman–Crippen MR) is 86.4 cm³/mol. The van der Waals surface area contributed by atoms with Crippen LogP contribution in [0.25, 0.3) is 10.9 Å². The number of carbonyl (C=O) groups is 1. The van der Waals surface area contributed by atoms with Gasteiger partial charge < -0.3 is 14.1 Å². The number of ether oxygens (including phenoxy) is 1. The van der Waals surface area contributed by atoms with Gasteiger partial charge in [0.25, 0.3) is 5.56 Å². The van der Waals surface area contributed by atoms with E-state index in [2.05, 4.69) is 4.98 Å². The van der Waals surface area contributed by atoms with E-state index in [1.165, 1.54) is 6.07 Å². The monoisotopic (exact) mass is 323 g/mol. The summed E-state index contributed by atoms with van der Waals surface area (Å²) in [4.78, 5) is 39.5. The molecule has 3 aromatic rings. The molecule has 1 aliphatic heterocycles. The molecule has 0 radical (unpaired) electrons. The van der Waals surface area contributed by atoms with Crippen molar-refractivity contribution in [1.29, 1.82) is 0 Å². The maximum atomic E-state index is 12.5. The van der Waals surface area contributed by atoms with E-state index in [0.717, 1.165) is 5.39 Å². The molecule has 0 saturated carbocycles. The highest BCUT2D eigenvalue weighted by Crippen LogP contribution is 2.36. The molecule has 0 unspecified atom stereocenters. The number of H-pyrrole nitrogens is 1. The fraction of sp³-hybridized carbons (Fsp3) is 0.167. The number of rotatable bonds is 1. The lowest BCUT2D eigenvalue weighted by Gasteiger charge is -2.23. The van der Waals surface area contributed by atoms with Gasteiger partial charge in [-0.25, -0.2) is 4.79 Å². The Bertz CT molecular complexity index is 1090. The van der Waals surface area contributed by atoms with Gasteiger partial charge in [-0.3, -0.25) is 9.59 Å². The molecule has 1 aliphatic rings. The van der Waals surface area contributed by atoms with Gasteiger partial charge in [0.15, 0.2) is 0 Å². The van der Waals surface area contributed by atoms with Crippen LogP contribution in [0.3, 0.4) is 0 Å². The van der Waals surface area contributed by atoms with Crippen LogP contribution >= 0.6 is 0 Å². The summed E-state index contributed by atoms with van der Waals surface area (Å²) in [6.07, 6.45) is -0.0811. The van der Waals surface area contributed by atoms with E-state index >= 15 is 0 Å². The molecule has 0 aliphatic carbocycles. The predicted octanol–water partition coefficient (Wildman–Crippen LogP) is 2.23. The van der Waals surface area contributed by atoms with Crippen molar-refractivity contribution in [3.63, 3.8) is 0 Å². The number of nitrogens with one attached hydrogen (secondary N) is 1. The lowest BCUT2D eigenvalue weighted by Crippen LogP contribution is -2.30. The van der Waals surface area contributed by atoms with Gasteiger partial charge in [0.2, 0.25) is 0 Å². The van der Waals surface area contributed by atoms with Crippen molar-refractivity contribution in [2.24, 2.45) is 0 Å². The number of hydrogen-bond acceptors (Lipinski definition) is 5. The van der Waals surface area contributed by atoms with Crippen LogP contribution in [0.5, 0.6) is 5.75 Å². The Morgan fingerprint density at radius 3 is 2.75 bits per heavy atom. The van der Waals surface area contributed by atoms with E-state index < -0.39 is 17.5 Å². The van der Waals surface area contributed by atoms with E-state index in [-0.39, 0.29) is 23.3 Å². The lowest BCUT2D eigenvalue weighted by molar-refractivity contribution is -0.135. The highest BCUT2D eigenvalue weighted by molar-refractivity contribution is 5.81. The van der Waals surface area contributed by atoms with Crippen molar-refractivity contribution < 1.29 is 13.9 Å². The molecule has 24 heavy (non-hydrogen) atoms. The Morgan fingerprint density at radius 1 is 1.12 bits per heavy atom. The molecule has 3 heterocycles. The molecule has 6 nitrogen and oxygen atoms in total. The molecule has 1 atom stereocenters. The van der Waals surface area contributed by atoms with E-state index in [9.17, 15) is 14.4 Å². The van der Waals surface area contributed by atoms with Crippen LogP contribution in [0.1, 0.15) is 29.2 Å². The molecule has 2 aromatic heterocycles. The van der Waals surface area contributed by atoms with Crippen molar-refractivity contribution in [1.82, 2.24) is 4.98 Å². The Balaban J connectivity index is 1.98. The minimum atomic E-state index is -0.688. The van der Waals surface area contributed by atoms with Crippen molar-refractivity contribution in [2.75, 3.05) is 0 Å². The largest absolute Gasteiger partial charge is 0.428 e. The van der Waals surface area contributed by atoms with Gasteiger partial charge in [-0.1, -0.05) is 18.2 Å². The number of esters is 1. The summed E-state index contributed by atoms with van der Waals surface area (Å²) >= 11 is 0. The molecule has 0 saturated heterocycles. The average molecular weight is 323 g/mol. The van der Waals surface area contributed by atoms with Gasteiger partial charge in [0, 0.05) is 23.1 Å². The second-order valence-electron chi connectivity index (χ2n) is 5.79. The highest BCUT2D eigenvalue weighted by atomic mass is 16.5. The number of pyridine rings is 1. The third-order valence-corrected chi connectivity index (χ3v) is 4.17. The zero-order valence-electron chi connectivity index (χ0n) is 12.8. The minimum absolute atomic E-state index is 0.0811. The molecule has 6 heteroatoms. The van der Waals surface area contributed by atoms with Crippen LogP contribution in [0.15, 0.2) is 50.4 Å². The molecule has 4 rings (SSSR count). The fourth-order valence-electron chi connectivity index (χ4n) is 3.11. The van der Waals surface area contributed by atoms with Crippen molar-refractivity contribution in [3.05, 3.63) is 74.1 Å². The van der Waals surface area contributed by atoms with E-state index in [4.69, 9.17) is 9.15 Å². The zero-order valence-corrected chi connectivity index (χ0v) is 12.8. The molecule has 0 spiro atoms. The van der Waals surface area contributed by atoms with Crippen LogP contribution in [-0.2, 0) is 4.79 Å².